The van der Waals surface area contributed by atoms with Gasteiger partial charge in [-0.1, -0.05) is 22.7 Å². The van der Waals surface area contributed by atoms with Gasteiger partial charge in [-0.3, -0.25) is 4.79 Å². The lowest BCUT2D eigenvalue weighted by molar-refractivity contribution is 0.0594. The number of thiazole rings is 2. The number of esters is 2. The van der Waals surface area contributed by atoms with Crippen molar-refractivity contribution >= 4 is 51.2 Å². The maximum Gasteiger partial charge on any atom is 0.350 e. The summed E-state index contributed by atoms with van der Waals surface area (Å²) in [6, 6.07) is 0. The van der Waals surface area contributed by atoms with E-state index in [1.165, 1.54) is 14.2 Å². The van der Waals surface area contributed by atoms with Gasteiger partial charge in [-0.2, -0.15) is 0 Å². The van der Waals surface area contributed by atoms with Crippen LogP contribution in [0.1, 0.15) is 35.5 Å². The molecule has 130 valence electrons. The number of aliphatic hydroxyl groups is 1. The van der Waals surface area contributed by atoms with E-state index in [-0.39, 0.29) is 38.0 Å². The summed E-state index contributed by atoms with van der Waals surface area (Å²) in [4.78, 5) is 40.0. The molecule has 0 unspecified atom stereocenters. The van der Waals surface area contributed by atoms with E-state index >= 15 is 0 Å². The molecular formula is C12H14N4O6S2. The van der Waals surface area contributed by atoms with Gasteiger partial charge in [0.15, 0.2) is 16.5 Å². The Morgan fingerprint density at radius 2 is 1.58 bits per heavy atom. The summed E-state index contributed by atoms with van der Waals surface area (Å²) in [7, 11) is 2.49. The normalized spacial score (nSPS) is 9.62. The second kappa shape index (κ2) is 8.90. The third-order valence-electron chi connectivity index (χ3n) is 2.39. The van der Waals surface area contributed by atoms with E-state index < -0.39 is 11.9 Å². The number of nitrogen functional groups attached to an aromatic ring is 2. The fraction of sp³-hybridized carbons (Fsp3) is 0.250. The van der Waals surface area contributed by atoms with E-state index in [2.05, 4.69) is 19.4 Å². The summed E-state index contributed by atoms with van der Waals surface area (Å²) in [6.07, 6.45) is 0.471. The minimum Gasteiger partial charge on any atom is -0.465 e. The maximum absolute atomic E-state index is 11.0. The summed E-state index contributed by atoms with van der Waals surface area (Å²) >= 11 is 1.94. The number of ether oxygens (including phenoxy) is 2. The Hall–Kier alpha value is -2.57. The molecule has 0 bridgehead atoms. The Labute approximate surface area is 144 Å². The zero-order valence-corrected chi connectivity index (χ0v) is 14.3. The van der Waals surface area contributed by atoms with E-state index in [0.717, 1.165) is 22.7 Å². The Bertz CT molecular complexity index is 742. The van der Waals surface area contributed by atoms with Gasteiger partial charge in [0.2, 0.25) is 0 Å². The molecule has 2 heterocycles. The molecule has 24 heavy (non-hydrogen) atoms. The number of aldehydes is 1. The number of hydrogen-bond donors (Lipinski definition) is 3. The number of nitrogens with zero attached hydrogens (tertiary/aromatic N) is 2. The van der Waals surface area contributed by atoms with Crippen LogP contribution in [-0.4, -0.2) is 47.5 Å². The lowest BCUT2D eigenvalue weighted by Crippen LogP contribution is -2.02. The number of aromatic nitrogens is 2. The molecule has 0 aliphatic rings. The average Bonchev–Trinajstić information content (AvgIpc) is 3.16. The van der Waals surface area contributed by atoms with Crippen LogP contribution in [0.3, 0.4) is 0 Å². The summed E-state index contributed by atoms with van der Waals surface area (Å²) in [5, 5.41) is 9.18. The molecule has 0 saturated carbocycles. The maximum atomic E-state index is 11.0. The van der Waals surface area contributed by atoms with Gasteiger partial charge in [-0.25, -0.2) is 19.6 Å². The van der Waals surface area contributed by atoms with Crippen LogP contribution in [0.15, 0.2) is 0 Å². The molecule has 2 aromatic rings. The topological polar surface area (TPSA) is 168 Å². The van der Waals surface area contributed by atoms with Crippen molar-refractivity contribution in [1.29, 1.82) is 0 Å². The molecule has 0 aromatic carbocycles. The van der Waals surface area contributed by atoms with Crippen LogP contribution in [-0.2, 0) is 16.1 Å². The second-order valence-corrected chi connectivity index (χ2v) is 5.91. The fourth-order valence-corrected chi connectivity index (χ4v) is 2.88. The lowest BCUT2D eigenvalue weighted by atomic mass is 10.4. The molecule has 2 aromatic heterocycles. The SMILES string of the molecule is COC(=O)c1sc(N)nc1C=O.COC(=O)c1sc(N)nc1CO. The van der Waals surface area contributed by atoms with Gasteiger partial charge < -0.3 is 26.0 Å². The highest BCUT2D eigenvalue weighted by molar-refractivity contribution is 7.17. The Balaban J connectivity index is 0.000000240. The number of carbonyl (C=O) groups excluding carboxylic acids is 3. The molecule has 0 saturated heterocycles. The number of hydrogen-bond acceptors (Lipinski definition) is 12. The zero-order chi connectivity index (χ0) is 18.3. The minimum atomic E-state index is -0.591. The molecule has 0 amide bonds. The third-order valence-corrected chi connectivity index (χ3v) is 4.17. The smallest absolute Gasteiger partial charge is 0.350 e. The van der Waals surface area contributed by atoms with Crippen LogP contribution in [0.25, 0.3) is 0 Å². The van der Waals surface area contributed by atoms with Crippen molar-refractivity contribution in [3.8, 4) is 0 Å². The molecule has 0 aliphatic heterocycles. The van der Waals surface area contributed by atoms with Crippen LogP contribution >= 0.6 is 22.7 Å². The monoisotopic (exact) mass is 374 g/mol. The molecule has 0 radical (unpaired) electrons. The van der Waals surface area contributed by atoms with E-state index in [1.54, 1.807) is 0 Å². The lowest BCUT2D eigenvalue weighted by Gasteiger charge is -1.94. The first-order chi connectivity index (χ1) is 11.4. The summed E-state index contributed by atoms with van der Waals surface area (Å²) in [5.74, 6) is -1.11. The van der Waals surface area contributed by atoms with Gasteiger partial charge in [-0.15, -0.1) is 0 Å². The fourth-order valence-electron chi connectivity index (χ4n) is 1.40. The van der Waals surface area contributed by atoms with Crippen LogP contribution in [0.5, 0.6) is 0 Å². The van der Waals surface area contributed by atoms with Crippen molar-refractivity contribution in [3.63, 3.8) is 0 Å². The van der Waals surface area contributed by atoms with E-state index in [4.69, 9.17) is 16.6 Å². The number of anilines is 2. The minimum absolute atomic E-state index is 0.0318. The highest BCUT2D eigenvalue weighted by Gasteiger charge is 2.17. The van der Waals surface area contributed by atoms with Gasteiger partial charge in [0.05, 0.1) is 26.5 Å². The van der Waals surface area contributed by atoms with Gasteiger partial charge in [0.25, 0.3) is 0 Å². The van der Waals surface area contributed by atoms with Crippen molar-refractivity contribution in [3.05, 3.63) is 21.1 Å². The third kappa shape index (κ3) is 4.71. The van der Waals surface area contributed by atoms with Crippen LogP contribution < -0.4 is 11.5 Å². The zero-order valence-electron chi connectivity index (χ0n) is 12.6. The predicted octanol–water partition coefficient (Wildman–Crippen LogP) is 0.329. The second-order valence-electron chi connectivity index (χ2n) is 3.85. The van der Waals surface area contributed by atoms with Crippen molar-refractivity contribution < 1.29 is 29.0 Å². The van der Waals surface area contributed by atoms with Crippen molar-refractivity contribution in [2.45, 2.75) is 6.61 Å². The average molecular weight is 374 g/mol. The first-order valence-electron chi connectivity index (χ1n) is 6.12. The molecule has 0 fully saturated rings. The number of carbonyl (C=O) groups is 3. The van der Waals surface area contributed by atoms with Crippen molar-refractivity contribution in [2.75, 3.05) is 25.7 Å². The van der Waals surface area contributed by atoms with Gasteiger partial charge >= 0.3 is 11.9 Å². The van der Waals surface area contributed by atoms with Crippen LogP contribution in [0, 0.1) is 0 Å². The molecule has 2 rings (SSSR count). The molecule has 0 aliphatic carbocycles. The highest BCUT2D eigenvalue weighted by Crippen LogP contribution is 2.21. The van der Waals surface area contributed by atoms with Gasteiger partial charge in [0.1, 0.15) is 15.4 Å². The largest absolute Gasteiger partial charge is 0.465 e. The number of nitrogens with two attached hydrogens (primary N) is 2. The van der Waals surface area contributed by atoms with E-state index in [0.29, 0.717) is 6.29 Å². The summed E-state index contributed by atoms with van der Waals surface area (Å²) < 4.78 is 8.87. The van der Waals surface area contributed by atoms with E-state index in [9.17, 15) is 14.4 Å². The van der Waals surface area contributed by atoms with Crippen molar-refractivity contribution in [2.24, 2.45) is 0 Å². The predicted molar refractivity (Wildman–Crippen MR) is 87.0 cm³/mol. The van der Waals surface area contributed by atoms with Gasteiger partial charge in [-0.05, 0) is 0 Å². The first-order valence-corrected chi connectivity index (χ1v) is 7.75. The Morgan fingerprint density at radius 1 is 1.08 bits per heavy atom. The van der Waals surface area contributed by atoms with E-state index in [1.807, 2.05) is 0 Å². The van der Waals surface area contributed by atoms with Gasteiger partial charge in [0, 0.05) is 0 Å². The number of aliphatic hydroxyl groups excluding tert-OH is 1. The van der Waals surface area contributed by atoms with Crippen molar-refractivity contribution in [1.82, 2.24) is 9.97 Å². The van der Waals surface area contributed by atoms with Crippen LogP contribution in [0.2, 0.25) is 0 Å². The first kappa shape index (κ1) is 19.5. The molecule has 0 atom stereocenters. The summed E-state index contributed by atoms with van der Waals surface area (Å²) in [6.45, 7) is -0.307. The quantitative estimate of drug-likeness (QED) is 0.501. The Kier molecular flexibility index (Phi) is 7.23. The summed E-state index contributed by atoms with van der Waals surface area (Å²) in [5.41, 5.74) is 10.9. The highest BCUT2D eigenvalue weighted by atomic mass is 32.1. The molecule has 5 N–H and O–H groups in total. The number of rotatable bonds is 4. The standard InChI is InChI=1S/C6H8N2O3S.C6H6N2O3S/c2*1-11-5(10)4-3(2-9)8-6(7)12-4/h9H,2H2,1H3,(H2,7,8);2H,1H3,(H2,7,8). The molecular weight excluding hydrogens is 360 g/mol. The Morgan fingerprint density at radius 3 is 2.08 bits per heavy atom. The molecule has 12 heteroatoms. The molecule has 10 nitrogen and oxygen atoms in total. The molecule has 0 spiro atoms. The van der Waals surface area contributed by atoms with Crippen LogP contribution in [0.4, 0.5) is 10.3 Å². The number of methoxy groups -OCH3 is 2.